The van der Waals surface area contributed by atoms with Crippen LogP contribution in [-0.4, -0.2) is 15.3 Å². The van der Waals surface area contributed by atoms with Crippen molar-refractivity contribution in [3.63, 3.8) is 0 Å². The van der Waals surface area contributed by atoms with Crippen LogP contribution in [0.3, 0.4) is 0 Å². The largest absolute Gasteiger partial charge is 0.389 e. The summed E-state index contributed by atoms with van der Waals surface area (Å²) in [4.78, 5) is 4.37. The van der Waals surface area contributed by atoms with Crippen LogP contribution in [0.1, 0.15) is 50.7 Å². The van der Waals surface area contributed by atoms with Gasteiger partial charge < -0.3 is 5.11 Å². The number of aliphatic hydroxyl groups is 1. The van der Waals surface area contributed by atoms with Crippen LogP contribution in [0, 0.1) is 0 Å². The molecule has 0 spiro atoms. The molecule has 1 atom stereocenters. The van der Waals surface area contributed by atoms with Gasteiger partial charge in [-0.05, 0) is 37.5 Å². The van der Waals surface area contributed by atoms with Crippen LogP contribution in [0.15, 0.2) is 23.4 Å². The van der Waals surface area contributed by atoms with Gasteiger partial charge >= 0.3 is 0 Å². The molecule has 1 N–H and O–H groups in total. The van der Waals surface area contributed by atoms with Gasteiger partial charge in [-0.15, -0.1) is 11.8 Å². The summed E-state index contributed by atoms with van der Waals surface area (Å²) in [7, 11) is 0. The summed E-state index contributed by atoms with van der Waals surface area (Å²) in [6.45, 7) is 1.80. The van der Waals surface area contributed by atoms with Crippen molar-refractivity contribution in [3.05, 3.63) is 23.9 Å². The average molecular weight is 237 g/mol. The number of hydrogen-bond donors (Lipinski definition) is 1. The molecule has 0 radical (unpaired) electrons. The Bertz CT molecular complexity index is 334. The van der Waals surface area contributed by atoms with Gasteiger partial charge in [0.15, 0.2) is 0 Å². The van der Waals surface area contributed by atoms with Crippen LogP contribution in [-0.2, 0) is 0 Å². The molecule has 0 saturated heterocycles. The minimum atomic E-state index is -0.395. The van der Waals surface area contributed by atoms with Crippen LogP contribution in [0.25, 0.3) is 0 Å². The lowest BCUT2D eigenvalue weighted by Gasteiger charge is -2.20. The summed E-state index contributed by atoms with van der Waals surface area (Å²) < 4.78 is 0. The first-order chi connectivity index (χ1) is 7.75. The normalized spacial score (nSPS) is 19.6. The number of rotatable bonds is 3. The maximum atomic E-state index is 9.52. The van der Waals surface area contributed by atoms with Crippen molar-refractivity contribution in [2.45, 2.75) is 55.4 Å². The Morgan fingerprint density at radius 1 is 1.38 bits per heavy atom. The number of hydrogen-bond acceptors (Lipinski definition) is 3. The fourth-order valence-electron chi connectivity index (χ4n) is 2.10. The zero-order chi connectivity index (χ0) is 11.4. The van der Waals surface area contributed by atoms with Crippen molar-refractivity contribution >= 4 is 11.8 Å². The van der Waals surface area contributed by atoms with Gasteiger partial charge in [0, 0.05) is 11.4 Å². The second-order valence-electron chi connectivity index (χ2n) is 4.48. The predicted molar refractivity (Wildman–Crippen MR) is 67.6 cm³/mol. The SMILES string of the molecule is C[C@H](O)c1ccnc(SC2CCCCC2)c1. The van der Waals surface area contributed by atoms with Gasteiger partial charge in [0.2, 0.25) is 0 Å². The van der Waals surface area contributed by atoms with Crippen molar-refractivity contribution in [2.24, 2.45) is 0 Å². The zero-order valence-corrected chi connectivity index (χ0v) is 10.5. The molecule has 3 heteroatoms. The quantitative estimate of drug-likeness (QED) is 0.872. The maximum absolute atomic E-state index is 9.52. The molecule has 1 aliphatic carbocycles. The number of pyridine rings is 1. The van der Waals surface area contributed by atoms with E-state index in [1.54, 1.807) is 13.1 Å². The Balaban J connectivity index is 2.00. The summed E-state index contributed by atoms with van der Waals surface area (Å²) in [6, 6.07) is 3.90. The summed E-state index contributed by atoms with van der Waals surface area (Å²) >= 11 is 1.87. The van der Waals surface area contributed by atoms with Gasteiger partial charge in [-0.3, -0.25) is 0 Å². The lowest BCUT2D eigenvalue weighted by Crippen LogP contribution is -2.08. The van der Waals surface area contributed by atoms with E-state index in [9.17, 15) is 5.11 Å². The standard InChI is InChI=1S/C13H19NOS/c1-10(15)11-7-8-14-13(9-11)16-12-5-3-2-4-6-12/h7-10,12,15H,2-6H2,1H3/t10-/m0/s1. The summed E-state index contributed by atoms with van der Waals surface area (Å²) in [5, 5.41) is 11.3. The molecule has 0 bridgehead atoms. The highest BCUT2D eigenvalue weighted by Crippen LogP contribution is 2.33. The van der Waals surface area contributed by atoms with Crippen molar-refractivity contribution in [1.82, 2.24) is 4.98 Å². The minimum Gasteiger partial charge on any atom is -0.389 e. The van der Waals surface area contributed by atoms with Gasteiger partial charge in [0.25, 0.3) is 0 Å². The van der Waals surface area contributed by atoms with Crippen molar-refractivity contribution in [1.29, 1.82) is 0 Å². The smallest absolute Gasteiger partial charge is 0.0966 e. The maximum Gasteiger partial charge on any atom is 0.0966 e. The third kappa shape index (κ3) is 3.22. The molecule has 1 aliphatic rings. The Hall–Kier alpha value is -0.540. The van der Waals surface area contributed by atoms with E-state index in [1.165, 1.54) is 32.1 Å². The summed E-state index contributed by atoms with van der Waals surface area (Å²) in [5.41, 5.74) is 0.966. The lowest BCUT2D eigenvalue weighted by molar-refractivity contribution is 0.199. The van der Waals surface area contributed by atoms with Crippen LogP contribution < -0.4 is 0 Å². The van der Waals surface area contributed by atoms with Gasteiger partial charge in [-0.1, -0.05) is 19.3 Å². The van der Waals surface area contributed by atoms with Crippen molar-refractivity contribution in [3.8, 4) is 0 Å². The topological polar surface area (TPSA) is 33.1 Å². The van der Waals surface area contributed by atoms with E-state index in [0.29, 0.717) is 0 Å². The van der Waals surface area contributed by atoms with E-state index in [-0.39, 0.29) is 0 Å². The third-order valence-electron chi connectivity index (χ3n) is 3.08. The van der Waals surface area contributed by atoms with E-state index < -0.39 is 6.10 Å². The molecule has 1 saturated carbocycles. The molecule has 2 nitrogen and oxygen atoms in total. The van der Waals surface area contributed by atoms with Gasteiger partial charge in [-0.25, -0.2) is 4.98 Å². The van der Waals surface area contributed by atoms with Crippen LogP contribution in [0.2, 0.25) is 0 Å². The van der Waals surface area contributed by atoms with Gasteiger partial charge in [-0.2, -0.15) is 0 Å². The fraction of sp³-hybridized carbons (Fsp3) is 0.615. The molecule has 0 unspecified atom stereocenters. The van der Waals surface area contributed by atoms with Crippen LogP contribution in [0.4, 0.5) is 0 Å². The first kappa shape index (κ1) is 11.9. The number of thioether (sulfide) groups is 1. The van der Waals surface area contributed by atoms with E-state index >= 15 is 0 Å². The third-order valence-corrected chi connectivity index (χ3v) is 4.35. The Morgan fingerprint density at radius 3 is 2.81 bits per heavy atom. The molecule has 88 valence electrons. The predicted octanol–water partition coefficient (Wildman–Crippen LogP) is 3.56. The molecule has 0 amide bonds. The average Bonchev–Trinajstić information content (AvgIpc) is 2.30. The van der Waals surface area contributed by atoms with Crippen molar-refractivity contribution < 1.29 is 5.11 Å². The van der Waals surface area contributed by atoms with Crippen LogP contribution in [0.5, 0.6) is 0 Å². The molecular weight excluding hydrogens is 218 g/mol. The highest BCUT2D eigenvalue weighted by Gasteiger charge is 2.15. The Kier molecular flexibility index (Phi) is 4.24. The Labute approximate surface area is 101 Å². The number of aliphatic hydroxyl groups excluding tert-OH is 1. The van der Waals surface area contributed by atoms with Crippen LogP contribution >= 0.6 is 11.8 Å². The highest BCUT2D eigenvalue weighted by molar-refractivity contribution is 7.99. The van der Waals surface area contributed by atoms with E-state index in [4.69, 9.17) is 0 Å². The van der Waals surface area contributed by atoms with Crippen molar-refractivity contribution in [2.75, 3.05) is 0 Å². The summed E-state index contributed by atoms with van der Waals surface area (Å²) in [6.07, 6.45) is 8.12. The van der Waals surface area contributed by atoms with E-state index in [2.05, 4.69) is 4.98 Å². The second kappa shape index (κ2) is 5.69. The highest BCUT2D eigenvalue weighted by atomic mass is 32.2. The molecule has 2 rings (SSSR count). The Morgan fingerprint density at radius 2 is 2.12 bits per heavy atom. The molecular formula is C13H19NOS. The monoisotopic (exact) mass is 237 g/mol. The van der Waals surface area contributed by atoms with Gasteiger partial charge in [0.1, 0.15) is 0 Å². The molecule has 1 fully saturated rings. The first-order valence-electron chi connectivity index (χ1n) is 6.06. The second-order valence-corrected chi connectivity index (χ2v) is 5.80. The lowest BCUT2D eigenvalue weighted by atomic mass is 10.0. The number of aromatic nitrogens is 1. The number of nitrogens with zero attached hydrogens (tertiary/aromatic N) is 1. The summed E-state index contributed by atoms with van der Waals surface area (Å²) in [5.74, 6) is 0. The molecule has 1 aromatic heterocycles. The van der Waals surface area contributed by atoms with E-state index in [0.717, 1.165) is 15.8 Å². The molecule has 1 aromatic rings. The first-order valence-corrected chi connectivity index (χ1v) is 6.94. The molecule has 16 heavy (non-hydrogen) atoms. The fourth-order valence-corrected chi connectivity index (χ4v) is 3.34. The van der Waals surface area contributed by atoms with Gasteiger partial charge in [0.05, 0.1) is 11.1 Å². The molecule has 0 aliphatic heterocycles. The molecule has 1 heterocycles. The minimum absolute atomic E-state index is 0.395. The van der Waals surface area contributed by atoms with E-state index in [1.807, 2.05) is 23.9 Å². The zero-order valence-electron chi connectivity index (χ0n) is 9.72. The molecule has 0 aromatic carbocycles.